The smallest absolute Gasteiger partial charge is 0.339 e. The SMILES string of the molecule is N#C/C(=C\c1cc(Cl)cc(Cl)c1OS(=O)(=O)c1ccc(Cl)cc1)C(=O)NCc1ccccc1. The van der Waals surface area contributed by atoms with Gasteiger partial charge in [0.15, 0.2) is 5.75 Å². The summed E-state index contributed by atoms with van der Waals surface area (Å²) >= 11 is 18.1. The van der Waals surface area contributed by atoms with Crippen molar-refractivity contribution in [2.24, 2.45) is 0 Å². The first-order valence-corrected chi connectivity index (χ1v) is 11.9. The molecular weight excluding hydrogens is 507 g/mol. The number of benzene rings is 3. The van der Waals surface area contributed by atoms with E-state index in [0.29, 0.717) is 5.02 Å². The van der Waals surface area contributed by atoms with E-state index in [4.69, 9.17) is 39.0 Å². The van der Waals surface area contributed by atoms with E-state index < -0.39 is 16.0 Å². The summed E-state index contributed by atoms with van der Waals surface area (Å²) < 4.78 is 30.7. The molecule has 0 radical (unpaired) electrons. The highest BCUT2D eigenvalue weighted by Crippen LogP contribution is 2.36. The molecule has 6 nitrogen and oxygen atoms in total. The van der Waals surface area contributed by atoms with Crippen molar-refractivity contribution in [1.82, 2.24) is 5.32 Å². The third-order valence-corrected chi connectivity index (χ3v) is 6.28. The fourth-order valence-corrected chi connectivity index (χ4v) is 4.40. The van der Waals surface area contributed by atoms with Crippen LogP contribution in [0.25, 0.3) is 6.08 Å². The summed E-state index contributed by atoms with van der Waals surface area (Å²) in [6.07, 6.45) is 1.16. The zero-order chi connectivity index (χ0) is 24.0. The zero-order valence-electron chi connectivity index (χ0n) is 16.8. The standard InChI is InChI=1S/C23H15Cl3N2O4S/c24-18-6-8-20(9-7-18)33(30,31)32-22-16(11-19(25)12-21(22)26)10-17(13-27)23(29)28-14-15-4-2-1-3-5-15/h1-12H,14H2,(H,28,29)/b17-10+. The Morgan fingerprint density at radius 2 is 1.67 bits per heavy atom. The highest BCUT2D eigenvalue weighted by Gasteiger charge is 2.22. The minimum atomic E-state index is -4.30. The molecule has 0 aliphatic rings. The maximum absolute atomic E-state index is 12.7. The predicted octanol–water partition coefficient (Wildman–Crippen LogP) is 5.64. The summed E-state index contributed by atoms with van der Waals surface area (Å²) in [5.41, 5.74) is 0.585. The lowest BCUT2D eigenvalue weighted by molar-refractivity contribution is -0.117. The number of hydrogen-bond donors (Lipinski definition) is 1. The molecule has 0 bridgehead atoms. The van der Waals surface area contributed by atoms with Crippen molar-refractivity contribution in [3.8, 4) is 11.8 Å². The monoisotopic (exact) mass is 520 g/mol. The number of hydrogen-bond acceptors (Lipinski definition) is 5. The van der Waals surface area contributed by atoms with Crippen LogP contribution >= 0.6 is 34.8 Å². The second-order valence-corrected chi connectivity index (χ2v) is 9.46. The Hall–Kier alpha value is -3.02. The largest absolute Gasteiger partial charge is 0.377 e. The van der Waals surface area contributed by atoms with Gasteiger partial charge in [-0.2, -0.15) is 13.7 Å². The first-order valence-electron chi connectivity index (χ1n) is 9.32. The predicted molar refractivity (Wildman–Crippen MR) is 128 cm³/mol. The molecule has 0 saturated heterocycles. The number of carbonyl (C=O) groups excluding carboxylic acids is 1. The van der Waals surface area contributed by atoms with E-state index >= 15 is 0 Å². The number of nitrogens with zero attached hydrogens (tertiary/aromatic N) is 1. The molecule has 1 amide bonds. The Bertz CT molecular complexity index is 1350. The number of carbonyl (C=O) groups is 1. The van der Waals surface area contributed by atoms with Crippen molar-refractivity contribution in [2.75, 3.05) is 0 Å². The molecule has 3 aromatic rings. The van der Waals surface area contributed by atoms with Crippen molar-refractivity contribution >= 4 is 56.9 Å². The second-order valence-electron chi connectivity index (χ2n) is 6.64. The van der Waals surface area contributed by atoms with Gasteiger partial charge in [-0.25, -0.2) is 0 Å². The van der Waals surface area contributed by atoms with Crippen LogP contribution in [0.5, 0.6) is 5.75 Å². The van der Waals surface area contributed by atoms with Gasteiger partial charge in [-0.15, -0.1) is 0 Å². The van der Waals surface area contributed by atoms with E-state index in [1.165, 1.54) is 36.4 Å². The summed E-state index contributed by atoms with van der Waals surface area (Å²) in [4.78, 5) is 12.4. The second kappa shape index (κ2) is 10.7. The Labute approximate surface area is 206 Å². The summed E-state index contributed by atoms with van der Waals surface area (Å²) in [6, 6.07) is 18.9. The molecule has 0 fully saturated rings. The molecule has 1 N–H and O–H groups in total. The average molecular weight is 522 g/mol. The van der Waals surface area contributed by atoms with Crippen molar-refractivity contribution < 1.29 is 17.4 Å². The van der Waals surface area contributed by atoms with Crippen molar-refractivity contribution in [2.45, 2.75) is 11.4 Å². The van der Waals surface area contributed by atoms with Gasteiger partial charge in [0.25, 0.3) is 5.91 Å². The molecule has 0 aromatic heterocycles. The van der Waals surface area contributed by atoms with Crippen molar-refractivity contribution in [3.05, 3.63) is 98.5 Å². The lowest BCUT2D eigenvalue weighted by Gasteiger charge is -2.12. The van der Waals surface area contributed by atoms with E-state index in [1.807, 2.05) is 30.3 Å². The van der Waals surface area contributed by atoms with Gasteiger partial charge in [0.1, 0.15) is 16.5 Å². The highest BCUT2D eigenvalue weighted by atomic mass is 35.5. The summed E-state index contributed by atoms with van der Waals surface area (Å²) in [5.74, 6) is -0.941. The summed E-state index contributed by atoms with van der Waals surface area (Å²) in [5, 5.41) is 12.5. The van der Waals surface area contributed by atoms with E-state index in [2.05, 4.69) is 5.32 Å². The van der Waals surface area contributed by atoms with Gasteiger partial charge in [0.2, 0.25) is 0 Å². The van der Waals surface area contributed by atoms with Gasteiger partial charge in [0.05, 0.1) is 5.02 Å². The molecule has 0 heterocycles. The van der Waals surface area contributed by atoms with Gasteiger partial charge < -0.3 is 9.50 Å². The zero-order valence-corrected chi connectivity index (χ0v) is 19.8. The van der Waals surface area contributed by atoms with Crippen LogP contribution in [0.3, 0.4) is 0 Å². The maximum Gasteiger partial charge on any atom is 0.339 e. The van der Waals surface area contributed by atoms with E-state index in [0.717, 1.165) is 11.6 Å². The van der Waals surface area contributed by atoms with E-state index in [9.17, 15) is 18.5 Å². The lowest BCUT2D eigenvalue weighted by Crippen LogP contribution is -2.24. The Morgan fingerprint density at radius 1 is 1.00 bits per heavy atom. The van der Waals surface area contributed by atoms with Gasteiger partial charge in [0, 0.05) is 22.2 Å². The highest BCUT2D eigenvalue weighted by molar-refractivity contribution is 7.87. The van der Waals surface area contributed by atoms with Crippen LogP contribution in [-0.4, -0.2) is 14.3 Å². The molecule has 3 rings (SSSR count). The van der Waals surface area contributed by atoms with Crippen LogP contribution in [0, 0.1) is 11.3 Å². The van der Waals surface area contributed by atoms with Gasteiger partial charge >= 0.3 is 10.1 Å². The first kappa shape index (κ1) is 24.6. The Kier molecular flexibility index (Phi) is 8.01. The molecule has 0 unspecified atom stereocenters. The first-order chi connectivity index (χ1) is 15.7. The molecule has 0 aliphatic carbocycles. The molecule has 33 heavy (non-hydrogen) atoms. The fraction of sp³-hybridized carbons (Fsp3) is 0.0435. The van der Waals surface area contributed by atoms with Gasteiger partial charge in [-0.3, -0.25) is 4.79 Å². The van der Waals surface area contributed by atoms with Crippen LogP contribution in [-0.2, 0) is 21.5 Å². The Morgan fingerprint density at radius 3 is 2.30 bits per heavy atom. The maximum atomic E-state index is 12.7. The third kappa shape index (κ3) is 6.50. The molecule has 0 atom stereocenters. The average Bonchev–Trinajstić information content (AvgIpc) is 2.79. The van der Waals surface area contributed by atoms with Crippen LogP contribution < -0.4 is 9.50 Å². The Balaban J connectivity index is 1.93. The van der Waals surface area contributed by atoms with Crippen LogP contribution in [0.4, 0.5) is 0 Å². The molecule has 3 aromatic carbocycles. The lowest BCUT2D eigenvalue weighted by atomic mass is 10.1. The van der Waals surface area contributed by atoms with Gasteiger partial charge in [-0.05, 0) is 48.0 Å². The summed E-state index contributed by atoms with van der Waals surface area (Å²) in [6.45, 7) is 0.198. The number of amides is 1. The topological polar surface area (TPSA) is 96.3 Å². The number of rotatable bonds is 7. The molecule has 10 heteroatoms. The minimum absolute atomic E-state index is 0.0384. The third-order valence-electron chi connectivity index (χ3n) is 4.29. The van der Waals surface area contributed by atoms with E-state index in [-0.39, 0.29) is 38.4 Å². The van der Waals surface area contributed by atoms with Crippen molar-refractivity contribution in [3.63, 3.8) is 0 Å². The van der Waals surface area contributed by atoms with Crippen molar-refractivity contribution in [1.29, 1.82) is 5.26 Å². The molecular formula is C23H15Cl3N2O4S. The molecule has 0 aliphatic heterocycles. The summed E-state index contributed by atoms with van der Waals surface area (Å²) in [7, 11) is -4.30. The number of halogens is 3. The minimum Gasteiger partial charge on any atom is -0.377 e. The van der Waals surface area contributed by atoms with Crippen LogP contribution in [0.2, 0.25) is 15.1 Å². The van der Waals surface area contributed by atoms with Crippen LogP contribution in [0.1, 0.15) is 11.1 Å². The number of nitriles is 1. The molecule has 0 spiro atoms. The van der Waals surface area contributed by atoms with E-state index in [1.54, 1.807) is 6.07 Å². The number of nitrogens with one attached hydrogen (secondary N) is 1. The quantitative estimate of drug-likeness (QED) is 0.247. The molecule has 168 valence electrons. The molecule has 0 saturated carbocycles. The normalized spacial score (nSPS) is 11.5. The fourth-order valence-electron chi connectivity index (χ4n) is 2.71. The van der Waals surface area contributed by atoms with Crippen LogP contribution in [0.15, 0.2) is 77.2 Å². The van der Waals surface area contributed by atoms with Gasteiger partial charge in [-0.1, -0.05) is 65.1 Å².